The molecule has 0 spiro atoms. The van der Waals surface area contributed by atoms with Gasteiger partial charge in [0, 0.05) is 71.9 Å². The molecule has 0 aromatic heterocycles. The molecule has 6 aliphatic heterocycles. The van der Waals surface area contributed by atoms with Gasteiger partial charge in [0.1, 0.15) is 33.6 Å². The van der Waals surface area contributed by atoms with Crippen molar-refractivity contribution in [3.8, 4) is 69.0 Å². The first-order valence-corrected chi connectivity index (χ1v) is 26.2. The van der Waals surface area contributed by atoms with Gasteiger partial charge in [0.05, 0.1) is 0 Å². The largest absolute Gasteiger partial charge is 0.519 e. The first-order valence-electron chi connectivity index (χ1n) is 26.2. The highest BCUT2D eigenvalue weighted by molar-refractivity contribution is 5.73. The maximum atomic E-state index is 12.3. The summed E-state index contributed by atoms with van der Waals surface area (Å²) in [4.78, 5) is 37.0. The Bertz CT molecular complexity index is 2780. The quantitative estimate of drug-likeness (QED) is 0.114. The zero-order valence-electron chi connectivity index (χ0n) is 46.3. The summed E-state index contributed by atoms with van der Waals surface area (Å²) in [6.45, 7) is 24.0. The maximum Gasteiger partial charge on any atom is 0.519 e. The van der Waals surface area contributed by atoms with Crippen molar-refractivity contribution >= 4 is 18.5 Å². The monoisotopic (exact) mass is 1060 g/mol. The van der Waals surface area contributed by atoms with E-state index in [1.807, 2.05) is 156 Å². The molecular formula is C63H66O15. The van der Waals surface area contributed by atoms with E-state index in [0.717, 1.165) is 71.9 Å². The van der Waals surface area contributed by atoms with E-state index in [-0.39, 0.29) is 33.6 Å². The Kier molecular flexibility index (Phi) is 13.5. The van der Waals surface area contributed by atoms with Crippen LogP contribution in [0.2, 0.25) is 0 Å². The minimum Gasteiger partial charge on any atom is -0.483 e. The first kappa shape index (κ1) is 53.3. The molecule has 0 unspecified atom stereocenters. The molecule has 6 heterocycles. The molecule has 408 valence electrons. The summed E-state index contributed by atoms with van der Waals surface area (Å²) in [6, 6.07) is 33.1. The van der Waals surface area contributed by atoms with Gasteiger partial charge < -0.3 is 56.8 Å². The predicted molar refractivity (Wildman–Crippen MR) is 289 cm³/mol. The lowest BCUT2D eigenvalue weighted by molar-refractivity contribution is 0.119. The SMILES string of the molecule is CC1(C)Cc2cccc(OC(=O)Oc3cccc4c3OC(C)(C)C4)c2O1.CC1(C)Cc2cccc(OC(=O)Oc3cccc4c3OC(C)(C)C4)c2O1.CC1(C)Cc2cccc(OC(=O)Oc3cccc4c3OC(C)(C)C4)c2O1. The zero-order valence-corrected chi connectivity index (χ0v) is 46.3. The van der Waals surface area contributed by atoms with Crippen LogP contribution >= 0.6 is 0 Å². The predicted octanol–water partition coefficient (Wildman–Crippen LogP) is 14.1. The van der Waals surface area contributed by atoms with Crippen LogP contribution in [0.3, 0.4) is 0 Å². The summed E-state index contributed by atoms with van der Waals surface area (Å²) in [5, 5.41) is 0. The summed E-state index contributed by atoms with van der Waals surface area (Å²) >= 11 is 0. The Hall–Kier alpha value is -8.07. The van der Waals surface area contributed by atoms with Crippen LogP contribution < -0.4 is 56.8 Å². The van der Waals surface area contributed by atoms with E-state index in [0.29, 0.717) is 69.0 Å². The molecule has 0 aliphatic carbocycles. The van der Waals surface area contributed by atoms with Crippen molar-refractivity contribution in [2.75, 3.05) is 0 Å². The van der Waals surface area contributed by atoms with E-state index in [2.05, 4.69) is 0 Å². The van der Waals surface area contributed by atoms with Crippen molar-refractivity contribution in [2.24, 2.45) is 0 Å². The molecule has 0 atom stereocenters. The first-order chi connectivity index (χ1) is 36.7. The normalized spacial score (nSPS) is 18.3. The number of ether oxygens (including phenoxy) is 12. The topological polar surface area (TPSA) is 162 Å². The molecule has 0 fully saturated rings. The van der Waals surface area contributed by atoms with Crippen molar-refractivity contribution in [2.45, 2.75) is 155 Å². The zero-order chi connectivity index (χ0) is 55.6. The van der Waals surface area contributed by atoms with Gasteiger partial charge in [0.2, 0.25) is 0 Å². The van der Waals surface area contributed by atoms with Gasteiger partial charge in [-0.3, -0.25) is 0 Å². The molecule has 78 heavy (non-hydrogen) atoms. The van der Waals surface area contributed by atoms with Gasteiger partial charge in [0.25, 0.3) is 0 Å². The van der Waals surface area contributed by atoms with Crippen molar-refractivity contribution in [1.82, 2.24) is 0 Å². The van der Waals surface area contributed by atoms with Gasteiger partial charge in [-0.05, 0) is 119 Å². The molecule has 15 nitrogen and oxygen atoms in total. The Morgan fingerprint density at radius 3 is 0.551 bits per heavy atom. The number of hydrogen-bond donors (Lipinski definition) is 0. The van der Waals surface area contributed by atoms with Gasteiger partial charge in [0.15, 0.2) is 69.0 Å². The van der Waals surface area contributed by atoms with Crippen LogP contribution in [0.4, 0.5) is 14.4 Å². The van der Waals surface area contributed by atoms with Crippen molar-refractivity contribution in [1.29, 1.82) is 0 Å². The number of rotatable bonds is 6. The van der Waals surface area contributed by atoms with Crippen molar-refractivity contribution < 1.29 is 71.2 Å². The summed E-state index contributed by atoms with van der Waals surface area (Å²) in [6.07, 6.45) is 2.17. The highest BCUT2D eigenvalue weighted by Gasteiger charge is 2.39. The maximum absolute atomic E-state index is 12.3. The number of hydrogen-bond acceptors (Lipinski definition) is 15. The Morgan fingerprint density at radius 1 is 0.269 bits per heavy atom. The van der Waals surface area contributed by atoms with Crippen LogP contribution in [0.15, 0.2) is 109 Å². The second-order valence-corrected chi connectivity index (χ2v) is 24.1. The minimum absolute atomic E-state index is 0.314. The van der Waals surface area contributed by atoms with Crippen LogP contribution in [0.1, 0.15) is 116 Å². The van der Waals surface area contributed by atoms with Gasteiger partial charge in [-0.1, -0.05) is 72.8 Å². The van der Waals surface area contributed by atoms with Crippen LogP contribution in [0, 0.1) is 0 Å². The summed E-state index contributed by atoms with van der Waals surface area (Å²) in [5.74, 6) is 5.82. The molecule has 6 aromatic carbocycles. The van der Waals surface area contributed by atoms with E-state index >= 15 is 0 Å². The van der Waals surface area contributed by atoms with E-state index in [1.54, 1.807) is 36.4 Å². The molecule has 0 radical (unpaired) electrons. The Balaban J connectivity index is 0.000000132. The summed E-state index contributed by atoms with van der Waals surface area (Å²) in [5.41, 5.74) is 4.23. The Morgan fingerprint density at radius 2 is 0.410 bits per heavy atom. The van der Waals surface area contributed by atoms with Gasteiger partial charge in [-0.15, -0.1) is 0 Å². The van der Waals surface area contributed by atoms with Gasteiger partial charge in [-0.25, -0.2) is 14.4 Å². The van der Waals surface area contributed by atoms with E-state index in [9.17, 15) is 14.4 Å². The molecule has 6 aromatic rings. The molecule has 0 bridgehead atoms. The molecule has 0 N–H and O–H groups in total. The number of carbonyl (C=O) groups is 3. The lowest BCUT2D eigenvalue weighted by Crippen LogP contribution is -2.25. The molecule has 15 heteroatoms. The fourth-order valence-corrected chi connectivity index (χ4v) is 10.6. The fourth-order valence-electron chi connectivity index (χ4n) is 10.6. The molecular weight excluding hydrogens is 997 g/mol. The van der Waals surface area contributed by atoms with Crippen molar-refractivity contribution in [3.05, 3.63) is 143 Å². The van der Waals surface area contributed by atoms with E-state index in [4.69, 9.17) is 56.8 Å². The van der Waals surface area contributed by atoms with Crippen LogP contribution in [-0.2, 0) is 38.5 Å². The summed E-state index contributed by atoms with van der Waals surface area (Å²) < 4.78 is 68.1. The van der Waals surface area contributed by atoms with Crippen molar-refractivity contribution in [3.63, 3.8) is 0 Å². The average Bonchev–Trinajstić information content (AvgIpc) is 4.23. The van der Waals surface area contributed by atoms with Crippen LogP contribution in [-0.4, -0.2) is 52.1 Å². The van der Waals surface area contributed by atoms with Gasteiger partial charge in [-0.2, -0.15) is 0 Å². The molecule has 0 amide bonds. The number of para-hydroxylation sites is 6. The second-order valence-electron chi connectivity index (χ2n) is 24.1. The third kappa shape index (κ3) is 11.9. The minimum atomic E-state index is -0.812. The summed E-state index contributed by atoms with van der Waals surface area (Å²) in [7, 11) is 0. The number of carbonyl (C=O) groups excluding carboxylic acids is 3. The fraction of sp³-hybridized carbons (Fsp3) is 0.381. The highest BCUT2D eigenvalue weighted by atomic mass is 16.7. The lowest BCUT2D eigenvalue weighted by Gasteiger charge is -2.18. The molecule has 12 rings (SSSR count). The standard InChI is InChI=1S/3C21H22O5/c3*1-20(2)11-13-7-5-9-15(17(13)25-20)23-19(22)24-16-10-6-8-14-12-21(3,4)26-18(14)16/h3*5-10H,11-12H2,1-4H3. The van der Waals surface area contributed by atoms with Crippen LogP contribution in [0.5, 0.6) is 69.0 Å². The highest BCUT2D eigenvalue weighted by Crippen LogP contribution is 2.48. The number of benzene rings is 6. The average molecular weight is 1060 g/mol. The van der Waals surface area contributed by atoms with Gasteiger partial charge >= 0.3 is 18.5 Å². The lowest BCUT2D eigenvalue weighted by atomic mass is 10.0. The molecule has 0 saturated carbocycles. The molecule has 6 aliphatic rings. The smallest absolute Gasteiger partial charge is 0.483 e. The third-order valence-electron chi connectivity index (χ3n) is 13.5. The Labute approximate surface area is 454 Å². The van der Waals surface area contributed by atoms with Crippen LogP contribution in [0.25, 0.3) is 0 Å². The van der Waals surface area contributed by atoms with E-state index < -0.39 is 18.5 Å². The second kappa shape index (κ2) is 19.7. The van der Waals surface area contributed by atoms with E-state index in [1.165, 1.54) is 0 Å². The number of fused-ring (bicyclic) bond motifs is 6. The molecule has 0 saturated heterocycles. The third-order valence-corrected chi connectivity index (χ3v) is 13.5.